The third-order valence-electron chi connectivity index (χ3n) is 1.64. The van der Waals surface area contributed by atoms with Crippen molar-refractivity contribution in [3.8, 4) is 11.8 Å². The molecule has 0 N–H and O–H groups in total. The second-order valence-electron chi connectivity index (χ2n) is 2.89. The number of rotatable bonds is 3. The Labute approximate surface area is 112 Å². The predicted molar refractivity (Wildman–Crippen MR) is 59.6 cm³/mol. The maximum Gasteiger partial charge on any atom is 0.573 e. The van der Waals surface area contributed by atoms with E-state index in [2.05, 4.69) is 9.72 Å². The Hall–Kier alpha value is -1.64. The Morgan fingerprint density at radius 3 is 2.67 bits per heavy atom. The summed E-state index contributed by atoms with van der Waals surface area (Å²) in [5.41, 5.74) is -0.875. The fraction of sp³-hybridized carbons (Fsp3) is 0.250. The number of pyridine rings is 1. The second kappa shape index (κ2) is 5.34. The van der Waals surface area contributed by atoms with Gasteiger partial charge in [0.1, 0.15) is 0 Å². The van der Waals surface area contributed by atoms with Crippen LogP contribution in [0.1, 0.15) is 5.69 Å². The fourth-order valence-electron chi connectivity index (χ4n) is 1.06. The van der Waals surface area contributed by atoms with E-state index in [0.717, 1.165) is 6.07 Å². The number of nitrogens with zero attached hydrogens (tertiary/aromatic N) is 3. The van der Waals surface area contributed by atoms with Crippen molar-refractivity contribution in [2.24, 2.45) is 0 Å². The Morgan fingerprint density at radius 1 is 1.61 bits per heavy atom. The first-order chi connectivity index (χ1) is 8.24. The lowest BCUT2D eigenvalue weighted by Gasteiger charge is -2.10. The molecule has 0 saturated carbocycles. The average Bonchev–Trinajstić information content (AvgIpc) is 2.20. The van der Waals surface area contributed by atoms with Crippen molar-refractivity contribution in [1.82, 2.24) is 4.98 Å². The molecule has 0 bridgehead atoms. The van der Waals surface area contributed by atoms with Crippen molar-refractivity contribution in [2.45, 2.75) is 12.8 Å². The molecule has 0 atom stereocenters. The van der Waals surface area contributed by atoms with Crippen LogP contribution in [0.15, 0.2) is 6.07 Å². The highest BCUT2D eigenvalue weighted by molar-refractivity contribution is 14.1. The number of nitriles is 1. The maximum absolute atomic E-state index is 12.1. The van der Waals surface area contributed by atoms with E-state index in [9.17, 15) is 23.3 Å². The summed E-state index contributed by atoms with van der Waals surface area (Å²) in [6, 6.07) is 2.48. The molecule has 0 aromatic carbocycles. The van der Waals surface area contributed by atoms with E-state index in [4.69, 9.17) is 5.26 Å². The number of alkyl halides is 3. The number of nitro groups is 1. The Bertz CT molecular complexity index is 527. The largest absolute Gasteiger partial charge is 0.573 e. The van der Waals surface area contributed by atoms with E-state index < -0.39 is 22.7 Å². The molecule has 18 heavy (non-hydrogen) atoms. The molecule has 0 unspecified atom stereocenters. The van der Waals surface area contributed by atoms with Crippen molar-refractivity contribution >= 4 is 28.3 Å². The Balaban J connectivity index is 3.33. The quantitative estimate of drug-likeness (QED) is 0.352. The minimum atomic E-state index is -5.05. The van der Waals surface area contributed by atoms with Crippen LogP contribution >= 0.6 is 22.6 Å². The van der Waals surface area contributed by atoms with Crippen LogP contribution in [0.2, 0.25) is 0 Å². The SMILES string of the molecule is N#CCc1cc([N+](=O)[O-])c(OC(F)(F)F)c(I)n1. The fourth-order valence-corrected chi connectivity index (χ4v) is 1.75. The number of hydrogen-bond acceptors (Lipinski definition) is 5. The van der Waals surface area contributed by atoms with Crippen LogP contribution in [-0.4, -0.2) is 16.3 Å². The smallest absolute Gasteiger partial charge is 0.396 e. The lowest BCUT2D eigenvalue weighted by atomic mass is 10.2. The summed E-state index contributed by atoms with van der Waals surface area (Å²) in [6.07, 6.45) is -5.30. The van der Waals surface area contributed by atoms with E-state index in [1.165, 1.54) is 22.6 Å². The highest BCUT2D eigenvalue weighted by Crippen LogP contribution is 2.35. The Morgan fingerprint density at radius 2 is 2.22 bits per heavy atom. The van der Waals surface area contributed by atoms with Crippen molar-refractivity contribution in [3.63, 3.8) is 0 Å². The molecule has 0 aliphatic rings. The summed E-state index contributed by atoms with van der Waals surface area (Å²) in [7, 11) is 0. The number of aromatic nitrogens is 1. The molecule has 1 aromatic heterocycles. The highest BCUT2D eigenvalue weighted by Gasteiger charge is 2.36. The van der Waals surface area contributed by atoms with Gasteiger partial charge in [0.2, 0.25) is 5.75 Å². The second-order valence-corrected chi connectivity index (χ2v) is 3.91. The molecule has 0 fully saturated rings. The van der Waals surface area contributed by atoms with Gasteiger partial charge >= 0.3 is 12.0 Å². The molecular formula is C8H3F3IN3O3. The van der Waals surface area contributed by atoms with E-state index in [1.54, 1.807) is 6.07 Å². The minimum absolute atomic E-state index is 0.00289. The van der Waals surface area contributed by atoms with Gasteiger partial charge in [-0.2, -0.15) is 5.26 Å². The molecule has 10 heteroatoms. The first-order valence-corrected chi connectivity index (χ1v) is 5.29. The summed E-state index contributed by atoms with van der Waals surface area (Å²) in [5.74, 6) is -0.977. The van der Waals surface area contributed by atoms with E-state index in [1.807, 2.05) is 0 Å². The Kier molecular flexibility index (Phi) is 4.28. The highest BCUT2D eigenvalue weighted by atomic mass is 127. The first kappa shape index (κ1) is 14.4. The molecule has 0 aliphatic carbocycles. The third kappa shape index (κ3) is 3.69. The molecule has 0 saturated heterocycles. The van der Waals surface area contributed by atoms with E-state index >= 15 is 0 Å². The molecule has 1 aromatic rings. The van der Waals surface area contributed by atoms with Gasteiger partial charge < -0.3 is 4.74 Å². The van der Waals surface area contributed by atoms with E-state index in [0.29, 0.717) is 0 Å². The van der Waals surface area contributed by atoms with Crippen LogP contribution in [0.5, 0.6) is 5.75 Å². The molecule has 96 valence electrons. The third-order valence-corrected chi connectivity index (χ3v) is 2.37. The number of halogens is 4. The van der Waals surface area contributed by atoms with Crippen molar-refractivity contribution in [1.29, 1.82) is 5.26 Å². The zero-order chi connectivity index (χ0) is 13.9. The van der Waals surface area contributed by atoms with Gasteiger partial charge in [0.15, 0.2) is 3.70 Å². The van der Waals surface area contributed by atoms with Gasteiger partial charge in [-0.25, -0.2) is 4.98 Å². The standard InChI is InChI=1S/C8H3F3IN3O3/c9-8(10,11)18-6-5(15(16)17)3-4(1-2-13)14-7(6)12/h3H,1H2. The molecule has 0 aliphatic heterocycles. The van der Waals surface area contributed by atoms with Gasteiger partial charge in [-0.05, 0) is 22.6 Å². The van der Waals surface area contributed by atoms with E-state index in [-0.39, 0.29) is 15.8 Å². The summed E-state index contributed by atoms with van der Waals surface area (Å²) in [6.45, 7) is 0. The summed E-state index contributed by atoms with van der Waals surface area (Å²) >= 11 is 1.37. The lowest BCUT2D eigenvalue weighted by Crippen LogP contribution is -2.19. The number of ether oxygens (including phenoxy) is 1. The van der Waals surface area contributed by atoms with Crippen LogP contribution in [0.3, 0.4) is 0 Å². The monoisotopic (exact) mass is 373 g/mol. The number of hydrogen-bond donors (Lipinski definition) is 0. The summed E-state index contributed by atoms with van der Waals surface area (Å²) < 4.78 is 39.5. The van der Waals surface area contributed by atoms with Gasteiger partial charge in [0.05, 0.1) is 23.1 Å². The van der Waals surface area contributed by atoms with Crippen molar-refractivity contribution in [2.75, 3.05) is 0 Å². The van der Waals surface area contributed by atoms with Crippen molar-refractivity contribution < 1.29 is 22.8 Å². The predicted octanol–water partition coefficient (Wildman–Crippen LogP) is 2.56. The van der Waals surface area contributed by atoms with Crippen LogP contribution in [0, 0.1) is 25.1 Å². The lowest BCUT2D eigenvalue weighted by molar-refractivity contribution is -0.388. The first-order valence-electron chi connectivity index (χ1n) is 4.21. The maximum atomic E-state index is 12.1. The summed E-state index contributed by atoms with van der Waals surface area (Å²) in [5, 5.41) is 19.1. The van der Waals surface area contributed by atoms with Crippen LogP contribution in [0.25, 0.3) is 0 Å². The molecule has 6 nitrogen and oxygen atoms in total. The van der Waals surface area contributed by atoms with Gasteiger partial charge in [-0.3, -0.25) is 10.1 Å². The molecule has 0 amide bonds. The zero-order valence-corrected chi connectivity index (χ0v) is 10.5. The molecule has 0 spiro atoms. The van der Waals surface area contributed by atoms with Crippen molar-refractivity contribution in [3.05, 3.63) is 25.6 Å². The van der Waals surface area contributed by atoms with Gasteiger partial charge in [0.25, 0.3) is 0 Å². The van der Waals surface area contributed by atoms with Crippen LogP contribution < -0.4 is 4.74 Å². The molecule has 0 radical (unpaired) electrons. The zero-order valence-electron chi connectivity index (χ0n) is 8.36. The van der Waals surface area contributed by atoms with Gasteiger partial charge in [-0.15, -0.1) is 13.2 Å². The average molecular weight is 373 g/mol. The topological polar surface area (TPSA) is 89.0 Å². The molecule has 1 rings (SSSR count). The molecule has 1 heterocycles. The van der Waals surface area contributed by atoms with Crippen LogP contribution in [-0.2, 0) is 6.42 Å². The van der Waals surface area contributed by atoms with Gasteiger partial charge in [0, 0.05) is 6.07 Å². The summed E-state index contributed by atoms with van der Waals surface area (Å²) in [4.78, 5) is 13.3. The molecular weight excluding hydrogens is 370 g/mol. The minimum Gasteiger partial charge on any atom is -0.396 e. The van der Waals surface area contributed by atoms with Crippen LogP contribution in [0.4, 0.5) is 18.9 Å². The normalized spacial score (nSPS) is 10.8. The van der Waals surface area contributed by atoms with Gasteiger partial charge in [-0.1, -0.05) is 0 Å².